The molecular formula is C14H16Br2N2O2. The molecule has 2 atom stereocenters. The van der Waals surface area contributed by atoms with E-state index in [1.807, 2.05) is 18.2 Å². The molecule has 1 aromatic rings. The molecule has 1 fully saturated rings. The second-order valence-corrected chi connectivity index (χ2v) is 6.80. The average Bonchev–Trinajstić information content (AvgIpc) is 3.10. The first-order valence-electron chi connectivity index (χ1n) is 6.50. The van der Waals surface area contributed by atoms with Gasteiger partial charge in [0.25, 0.3) is 0 Å². The van der Waals surface area contributed by atoms with Crippen molar-refractivity contribution < 1.29 is 9.59 Å². The first kappa shape index (κ1) is 15.5. The minimum absolute atomic E-state index is 0.0649. The number of amides is 2. The van der Waals surface area contributed by atoms with Gasteiger partial charge in [0.05, 0.1) is 5.69 Å². The second kappa shape index (κ2) is 6.72. The summed E-state index contributed by atoms with van der Waals surface area (Å²) < 4.78 is 1.75. The fourth-order valence-electron chi connectivity index (χ4n) is 1.92. The highest BCUT2D eigenvalue weighted by atomic mass is 79.9. The minimum Gasteiger partial charge on any atom is -0.355 e. The van der Waals surface area contributed by atoms with Crippen LogP contribution in [0.3, 0.4) is 0 Å². The summed E-state index contributed by atoms with van der Waals surface area (Å²) in [5.74, 6) is 0.591. The van der Waals surface area contributed by atoms with Crippen molar-refractivity contribution >= 4 is 49.4 Å². The zero-order valence-corrected chi connectivity index (χ0v) is 14.3. The van der Waals surface area contributed by atoms with Crippen molar-refractivity contribution in [2.75, 3.05) is 11.9 Å². The van der Waals surface area contributed by atoms with E-state index in [4.69, 9.17) is 0 Å². The monoisotopic (exact) mass is 402 g/mol. The van der Waals surface area contributed by atoms with E-state index in [1.165, 1.54) is 0 Å². The first-order chi connectivity index (χ1) is 9.47. The normalized spacial score (nSPS) is 20.4. The van der Waals surface area contributed by atoms with E-state index >= 15 is 0 Å². The molecule has 0 bridgehead atoms. The van der Waals surface area contributed by atoms with Gasteiger partial charge in [-0.15, -0.1) is 0 Å². The topological polar surface area (TPSA) is 58.2 Å². The average molecular weight is 404 g/mol. The van der Waals surface area contributed by atoms with Crippen LogP contribution in [0.25, 0.3) is 0 Å². The molecule has 2 rings (SSSR count). The van der Waals surface area contributed by atoms with Crippen molar-refractivity contribution in [1.29, 1.82) is 0 Å². The molecule has 20 heavy (non-hydrogen) atoms. The van der Waals surface area contributed by atoms with Gasteiger partial charge in [0, 0.05) is 27.8 Å². The molecule has 2 amide bonds. The summed E-state index contributed by atoms with van der Waals surface area (Å²) in [6.45, 7) is 2.43. The maximum Gasteiger partial charge on any atom is 0.226 e. The third kappa shape index (κ3) is 4.31. The Hall–Kier alpha value is -0.880. The number of rotatable bonds is 5. The van der Waals surface area contributed by atoms with Gasteiger partial charge in [-0.2, -0.15) is 0 Å². The molecule has 108 valence electrons. The van der Waals surface area contributed by atoms with Crippen molar-refractivity contribution in [3.8, 4) is 0 Å². The SMILES string of the molecule is C[C@H]1C[C@H]1C(=O)NCCC(=O)Nc1ccc(Br)cc1Br. The molecule has 0 aromatic heterocycles. The Balaban J connectivity index is 1.73. The minimum atomic E-state index is -0.114. The molecule has 6 heteroatoms. The number of carbonyl (C=O) groups excluding carboxylic acids is 2. The second-order valence-electron chi connectivity index (χ2n) is 5.03. The molecule has 2 N–H and O–H groups in total. The number of hydrogen-bond donors (Lipinski definition) is 2. The first-order valence-corrected chi connectivity index (χ1v) is 8.08. The van der Waals surface area contributed by atoms with Gasteiger partial charge in [-0.1, -0.05) is 22.9 Å². The lowest BCUT2D eigenvalue weighted by Crippen LogP contribution is -2.29. The fourth-order valence-corrected chi connectivity index (χ4v) is 3.07. The highest BCUT2D eigenvalue weighted by Crippen LogP contribution is 2.37. The van der Waals surface area contributed by atoms with Crippen LogP contribution in [0.1, 0.15) is 19.8 Å². The molecule has 1 aliphatic rings. The number of benzene rings is 1. The van der Waals surface area contributed by atoms with Crippen LogP contribution in [0.5, 0.6) is 0 Å². The van der Waals surface area contributed by atoms with Gasteiger partial charge in [0.1, 0.15) is 0 Å². The van der Waals surface area contributed by atoms with Gasteiger partial charge in [-0.3, -0.25) is 9.59 Å². The van der Waals surface area contributed by atoms with Crippen LogP contribution in [0.15, 0.2) is 27.1 Å². The zero-order chi connectivity index (χ0) is 14.7. The van der Waals surface area contributed by atoms with E-state index in [9.17, 15) is 9.59 Å². The van der Waals surface area contributed by atoms with Crippen molar-refractivity contribution in [1.82, 2.24) is 5.32 Å². The highest BCUT2D eigenvalue weighted by molar-refractivity contribution is 9.11. The Morgan fingerprint density at radius 1 is 1.35 bits per heavy atom. The van der Waals surface area contributed by atoms with Crippen molar-refractivity contribution in [3.05, 3.63) is 27.1 Å². The molecule has 4 nitrogen and oxygen atoms in total. The van der Waals surface area contributed by atoms with Crippen molar-refractivity contribution in [3.63, 3.8) is 0 Å². The Kier molecular flexibility index (Phi) is 5.21. The Labute approximate surface area is 135 Å². The van der Waals surface area contributed by atoms with E-state index in [0.717, 1.165) is 21.1 Å². The summed E-state index contributed by atoms with van der Waals surface area (Å²) in [6, 6.07) is 5.54. The van der Waals surface area contributed by atoms with Crippen LogP contribution in [0.4, 0.5) is 5.69 Å². The zero-order valence-electron chi connectivity index (χ0n) is 11.1. The summed E-state index contributed by atoms with van der Waals surface area (Å²) in [4.78, 5) is 23.4. The molecule has 1 aliphatic carbocycles. The summed E-state index contributed by atoms with van der Waals surface area (Å²) in [5, 5.41) is 5.60. The maximum absolute atomic E-state index is 11.8. The van der Waals surface area contributed by atoms with Crippen LogP contribution < -0.4 is 10.6 Å². The van der Waals surface area contributed by atoms with Crippen LogP contribution in [0, 0.1) is 11.8 Å². The predicted molar refractivity (Wildman–Crippen MR) is 85.4 cm³/mol. The van der Waals surface area contributed by atoms with Crippen LogP contribution >= 0.6 is 31.9 Å². The molecule has 0 unspecified atom stereocenters. The van der Waals surface area contributed by atoms with Crippen molar-refractivity contribution in [2.24, 2.45) is 11.8 Å². The summed E-state index contributed by atoms with van der Waals surface area (Å²) in [5.41, 5.74) is 0.723. The van der Waals surface area contributed by atoms with Crippen LogP contribution in [-0.4, -0.2) is 18.4 Å². The van der Waals surface area contributed by atoms with Gasteiger partial charge in [0.15, 0.2) is 0 Å². The molecule has 0 radical (unpaired) electrons. The van der Waals surface area contributed by atoms with Gasteiger partial charge in [0.2, 0.25) is 11.8 Å². The van der Waals surface area contributed by atoms with Gasteiger partial charge < -0.3 is 10.6 Å². The number of carbonyl (C=O) groups is 2. The van der Waals surface area contributed by atoms with E-state index in [-0.39, 0.29) is 24.2 Å². The lowest BCUT2D eigenvalue weighted by Gasteiger charge is -2.08. The number of anilines is 1. The van der Waals surface area contributed by atoms with Gasteiger partial charge >= 0.3 is 0 Å². The summed E-state index contributed by atoms with van der Waals surface area (Å²) in [6.07, 6.45) is 1.24. The third-order valence-electron chi connectivity index (χ3n) is 3.30. The van der Waals surface area contributed by atoms with Gasteiger partial charge in [-0.25, -0.2) is 0 Å². The van der Waals surface area contributed by atoms with Crippen molar-refractivity contribution in [2.45, 2.75) is 19.8 Å². The Bertz CT molecular complexity index is 534. The predicted octanol–water partition coefficient (Wildman–Crippen LogP) is 3.31. The molecule has 0 spiro atoms. The summed E-state index contributed by atoms with van der Waals surface area (Å²) in [7, 11) is 0. The standard InChI is InChI=1S/C14H16Br2N2O2/c1-8-6-10(8)14(20)17-5-4-13(19)18-12-3-2-9(15)7-11(12)16/h2-3,7-8,10H,4-6H2,1H3,(H,17,20)(H,18,19)/t8-,10+/m0/s1. The van der Waals surface area contributed by atoms with E-state index < -0.39 is 0 Å². The van der Waals surface area contributed by atoms with Crippen LogP contribution in [0.2, 0.25) is 0 Å². The molecule has 1 aromatic carbocycles. The van der Waals surface area contributed by atoms with E-state index in [0.29, 0.717) is 12.5 Å². The quantitative estimate of drug-likeness (QED) is 0.792. The number of nitrogens with one attached hydrogen (secondary N) is 2. The molecule has 0 heterocycles. The van der Waals surface area contributed by atoms with E-state index in [1.54, 1.807) is 0 Å². The Morgan fingerprint density at radius 2 is 2.05 bits per heavy atom. The maximum atomic E-state index is 11.8. The number of hydrogen-bond acceptors (Lipinski definition) is 2. The molecule has 0 saturated heterocycles. The lowest BCUT2D eigenvalue weighted by molar-refractivity contribution is -0.122. The Morgan fingerprint density at radius 3 is 2.65 bits per heavy atom. The smallest absolute Gasteiger partial charge is 0.226 e. The lowest BCUT2D eigenvalue weighted by atomic mass is 10.3. The highest BCUT2D eigenvalue weighted by Gasteiger charge is 2.38. The molecular weight excluding hydrogens is 388 g/mol. The molecule has 0 aliphatic heterocycles. The third-order valence-corrected chi connectivity index (χ3v) is 4.45. The van der Waals surface area contributed by atoms with E-state index in [2.05, 4.69) is 49.4 Å². The van der Waals surface area contributed by atoms with Crippen LogP contribution in [-0.2, 0) is 9.59 Å². The number of halogens is 2. The summed E-state index contributed by atoms with van der Waals surface area (Å²) >= 11 is 6.74. The fraction of sp³-hybridized carbons (Fsp3) is 0.429. The van der Waals surface area contributed by atoms with Gasteiger partial charge in [-0.05, 0) is 46.5 Å². The molecule has 1 saturated carbocycles. The largest absolute Gasteiger partial charge is 0.355 e.